The Balaban J connectivity index is 1.45. The summed E-state index contributed by atoms with van der Waals surface area (Å²) in [5, 5.41) is 11.4. The summed E-state index contributed by atoms with van der Waals surface area (Å²) in [4.78, 5) is 16.3. The Labute approximate surface area is 188 Å². The molecule has 0 unspecified atom stereocenters. The minimum absolute atomic E-state index is 0.00937. The molecule has 2 aromatic heterocycles. The third-order valence-corrected chi connectivity index (χ3v) is 5.97. The maximum atomic E-state index is 13.3. The maximum Gasteiger partial charge on any atom is 0.433 e. The average molecular weight is 466 g/mol. The first-order valence-electron chi connectivity index (χ1n) is 10.5. The number of hydrogen-bond donors (Lipinski definition) is 2. The van der Waals surface area contributed by atoms with E-state index in [0.29, 0.717) is 41.2 Å². The number of benzene rings is 1. The highest BCUT2D eigenvalue weighted by atomic mass is 35.5. The van der Waals surface area contributed by atoms with Crippen molar-refractivity contribution < 1.29 is 18.0 Å². The third kappa shape index (κ3) is 4.82. The number of carbonyl (C=O) groups is 1. The molecule has 4 rings (SSSR count). The zero-order valence-corrected chi connectivity index (χ0v) is 18.2. The molecular formula is C22H23ClF3N5O. The van der Waals surface area contributed by atoms with Gasteiger partial charge in [-0.15, -0.1) is 0 Å². The van der Waals surface area contributed by atoms with E-state index in [-0.39, 0.29) is 23.5 Å². The second-order valence-corrected chi connectivity index (χ2v) is 8.35. The first-order valence-corrected chi connectivity index (χ1v) is 10.9. The van der Waals surface area contributed by atoms with Gasteiger partial charge in [-0.1, -0.05) is 11.6 Å². The van der Waals surface area contributed by atoms with Gasteiger partial charge < -0.3 is 10.6 Å². The Morgan fingerprint density at radius 2 is 1.88 bits per heavy atom. The molecule has 1 saturated carbocycles. The molecule has 0 bridgehead atoms. The standard InChI is InChI=1S/C22H23ClF3N5O/c1-2-31-19(9-10-27-31)21(32)29-15-6-4-14(5-7-15)28-18-12-20(22(24,25)26)30-17-8-3-13(23)11-16(17)18/h3,8-12,14-15H,2,4-7H2,1H3,(H,28,30)(H,29,32)/t14-,15+. The summed E-state index contributed by atoms with van der Waals surface area (Å²) in [6.07, 6.45) is -0.0798. The van der Waals surface area contributed by atoms with Gasteiger partial charge in [0.25, 0.3) is 5.91 Å². The van der Waals surface area contributed by atoms with Crippen molar-refractivity contribution in [1.82, 2.24) is 20.1 Å². The number of aryl methyl sites for hydroxylation is 1. The topological polar surface area (TPSA) is 71.8 Å². The quantitative estimate of drug-likeness (QED) is 0.538. The molecule has 1 aliphatic carbocycles. The fourth-order valence-electron chi connectivity index (χ4n) is 4.10. The Bertz CT molecular complexity index is 1120. The van der Waals surface area contributed by atoms with Gasteiger partial charge in [0.15, 0.2) is 0 Å². The van der Waals surface area contributed by atoms with Gasteiger partial charge in [0.2, 0.25) is 0 Å². The molecule has 0 atom stereocenters. The van der Waals surface area contributed by atoms with Crippen LogP contribution in [-0.4, -0.2) is 32.8 Å². The Morgan fingerprint density at radius 1 is 1.16 bits per heavy atom. The fraction of sp³-hybridized carbons (Fsp3) is 0.409. The van der Waals surface area contributed by atoms with E-state index in [2.05, 4.69) is 20.7 Å². The summed E-state index contributed by atoms with van der Waals surface area (Å²) in [6.45, 7) is 2.52. The SMILES string of the molecule is CCn1nccc1C(=O)N[C@H]1CC[C@@H](Nc2cc(C(F)(F)F)nc3ccc(Cl)cc23)CC1. The first-order chi connectivity index (χ1) is 15.2. The van der Waals surface area contributed by atoms with Gasteiger partial charge in [0.05, 0.1) is 5.52 Å². The number of amides is 1. The van der Waals surface area contributed by atoms with E-state index in [9.17, 15) is 18.0 Å². The van der Waals surface area contributed by atoms with Crippen molar-refractivity contribution in [2.75, 3.05) is 5.32 Å². The molecule has 1 fully saturated rings. The van der Waals surface area contributed by atoms with Crippen molar-refractivity contribution in [3.8, 4) is 0 Å². The summed E-state index contributed by atoms with van der Waals surface area (Å²) in [6, 6.07) is 7.35. The van der Waals surface area contributed by atoms with E-state index in [1.165, 1.54) is 12.1 Å². The molecule has 0 aliphatic heterocycles. The lowest BCUT2D eigenvalue weighted by molar-refractivity contribution is -0.140. The fourth-order valence-corrected chi connectivity index (χ4v) is 4.27. The van der Waals surface area contributed by atoms with Crippen LogP contribution in [0.2, 0.25) is 5.02 Å². The van der Waals surface area contributed by atoms with Crippen LogP contribution in [0.5, 0.6) is 0 Å². The lowest BCUT2D eigenvalue weighted by atomic mass is 9.90. The predicted octanol–water partition coefficient (Wildman–Crippen LogP) is 5.28. The van der Waals surface area contributed by atoms with Crippen molar-refractivity contribution in [2.45, 2.75) is 57.4 Å². The Hall–Kier alpha value is -2.81. The van der Waals surface area contributed by atoms with E-state index >= 15 is 0 Å². The van der Waals surface area contributed by atoms with Crippen LogP contribution in [0.1, 0.15) is 48.8 Å². The number of nitrogens with one attached hydrogen (secondary N) is 2. The monoisotopic (exact) mass is 465 g/mol. The van der Waals surface area contributed by atoms with Crippen LogP contribution in [0, 0.1) is 0 Å². The molecule has 32 heavy (non-hydrogen) atoms. The molecule has 1 amide bonds. The van der Waals surface area contributed by atoms with E-state index in [0.717, 1.165) is 18.9 Å². The molecule has 170 valence electrons. The van der Waals surface area contributed by atoms with Gasteiger partial charge in [0.1, 0.15) is 11.4 Å². The third-order valence-electron chi connectivity index (χ3n) is 5.73. The number of carbonyl (C=O) groups excluding carboxylic acids is 1. The van der Waals surface area contributed by atoms with Crippen molar-refractivity contribution in [1.29, 1.82) is 0 Å². The molecule has 0 saturated heterocycles. The summed E-state index contributed by atoms with van der Waals surface area (Å²) in [5.74, 6) is -0.162. The minimum atomic E-state index is -4.54. The van der Waals surface area contributed by atoms with E-state index in [4.69, 9.17) is 11.6 Å². The van der Waals surface area contributed by atoms with Gasteiger partial charge in [-0.05, 0) is 62.9 Å². The number of pyridine rings is 1. The molecule has 3 aromatic rings. The predicted molar refractivity (Wildman–Crippen MR) is 117 cm³/mol. The first kappa shape index (κ1) is 22.4. The number of nitrogens with zero attached hydrogens (tertiary/aromatic N) is 3. The molecule has 10 heteroatoms. The van der Waals surface area contributed by atoms with Crippen LogP contribution in [0.4, 0.5) is 18.9 Å². The van der Waals surface area contributed by atoms with Crippen molar-refractivity contribution in [3.05, 3.63) is 52.9 Å². The number of alkyl halides is 3. The minimum Gasteiger partial charge on any atom is -0.382 e. The number of rotatable bonds is 5. The molecule has 2 heterocycles. The number of anilines is 1. The summed E-state index contributed by atoms with van der Waals surface area (Å²) < 4.78 is 41.6. The van der Waals surface area contributed by atoms with Crippen LogP contribution in [0.15, 0.2) is 36.5 Å². The highest BCUT2D eigenvalue weighted by Gasteiger charge is 2.34. The lowest BCUT2D eigenvalue weighted by Crippen LogP contribution is -2.40. The molecule has 2 N–H and O–H groups in total. The van der Waals surface area contributed by atoms with Gasteiger partial charge in [-0.2, -0.15) is 18.3 Å². The number of halogens is 4. The normalized spacial score (nSPS) is 19.2. The second-order valence-electron chi connectivity index (χ2n) is 7.91. The number of hydrogen-bond acceptors (Lipinski definition) is 4. The summed E-state index contributed by atoms with van der Waals surface area (Å²) >= 11 is 6.07. The summed E-state index contributed by atoms with van der Waals surface area (Å²) in [5.41, 5.74) is 0.181. The molecular weight excluding hydrogens is 443 g/mol. The van der Waals surface area contributed by atoms with Gasteiger partial charge >= 0.3 is 6.18 Å². The zero-order valence-electron chi connectivity index (χ0n) is 17.4. The number of fused-ring (bicyclic) bond motifs is 1. The summed E-state index contributed by atoms with van der Waals surface area (Å²) in [7, 11) is 0. The van der Waals surface area contributed by atoms with Crippen molar-refractivity contribution >= 4 is 34.1 Å². The molecule has 0 spiro atoms. The zero-order chi connectivity index (χ0) is 22.9. The van der Waals surface area contributed by atoms with Gasteiger partial charge in [-0.25, -0.2) is 4.98 Å². The van der Waals surface area contributed by atoms with E-state index in [1.807, 2.05) is 6.92 Å². The highest BCUT2D eigenvalue weighted by molar-refractivity contribution is 6.31. The molecule has 6 nitrogen and oxygen atoms in total. The smallest absolute Gasteiger partial charge is 0.382 e. The largest absolute Gasteiger partial charge is 0.433 e. The second kappa shape index (κ2) is 8.97. The average Bonchev–Trinajstić information content (AvgIpc) is 3.24. The highest BCUT2D eigenvalue weighted by Crippen LogP contribution is 2.35. The molecule has 0 radical (unpaired) electrons. The Morgan fingerprint density at radius 3 is 2.56 bits per heavy atom. The van der Waals surface area contributed by atoms with Crippen LogP contribution < -0.4 is 10.6 Å². The van der Waals surface area contributed by atoms with Gasteiger partial charge in [-0.3, -0.25) is 9.48 Å². The maximum absolute atomic E-state index is 13.3. The van der Waals surface area contributed by atoms with Crippen LogP contribution >= 0.6 is 11.6 Å². The lowest BCUT2D eigenvalue weighted by Gasteiger charge is -2.30. The van der Waals surface area contributed by atoms with Crippen LogP contribution in [0.3, 0.4) is 0 Å². The van der Waals surface area contributed by atoms with E-state index < -0.39 is 11.9 Å². The van der Waals surface area contributed by atoms with Crippen LogP contribution in [0.25, 0.3) is 10.9 Å². The molecule has 1 aromatic carbocycles. The van der Waals surface area contributed by atoms with Crippen LogP contribution in [-0.2, 0) is 12.7 Å². The van der Waals surface area contributed by atoms with Crippen molar-refractivity contribution in [2.24, 2.45) is 0 Å². The van der Waals surface area contributed by atoms with Crippen molar-refractivity contribution in [3.63, 3.8) is 0 Å². The molecule has 1 aliphatic rings. The Kier molecular flexibility index (Phi) is 6.28. The van der Waals surface area contributed by atoms with Gasteiger partial charge in [0, 0.05) is 40.9 Å². The number of aromatic nitrogens is 3. The van der Waals surface area contributed by atoms with E-state index in [1.54, 1.807) is 23.0 Å².